The monoisotopic (exact) mass is 231 g/mol. The quantitative estimate of drug-likeness (QED) is 0.563. The minimum atomic E-state index is -3.02. The molecular formula is C9H13NO4S. The van der Waals surface area contributed by atoms with E-state index in [0.717, 1.165) is 0 Å². The van der Waals surface area contributed by atoms with Gasteiger partial charge in [-0.1, -0.05) is 0 Å². The number of carbonyl (C=O) groups excluding carboxylic acids is 2. The van der Waals surface area contributed by atoms with Crippen LogP contribution in [-0.2, 0) is 19.4 Å². The molecule has 84 valence electrons. The number of Topliss-reactive ketones (excluding diaryl/α,β-unsaturated/α-hetero) is 1. The highest BCUT2D eigenvalue weighted by molar-refractivity contribution is 7.91. The fourth-order valence-corrected chi connectivity index (χ4v) is 3.89. The smallest absolute Gasteiger partial charge is 0.290 e. The summed E-state index contributed by atoms with van der Waals surface area (Å²) in [5.41, 5.74) is 0. The van der Waals surface area contributed by atoms with Crippen LogP contribution in [0.4, 0.5) is 0 Å². The normalized spacial score (nSPS) is 30.9. The zero-order valence-corrected chi connectivity index (χ0v) is 9.12. The third kappa shape index (κ3) is 2.04. The average Bonchev–Trinajstić information content (AvgIpc) is 2.46. The van der Waals surface area contributed by atoms with E-state index in [9.17, 15) is 18.0 Å². The molecule has 0 spiro atoms. The minimum Gasteiger partial charge on any atom is -0.332 e. The molecule has 2 aliphatic heterocycles. The summed E-state index contributed by atoms with van der Waals surface area (Å²) in [6, 6.07) is -0.275. The number of rotatable bonds is 1. The molecule has 2 rings (SSSR count). The second kappa shape index (κ2) is 3.59. The summed E-state index contributed by atoms with van der Waals surface area (Å²) in [7, 11) is -3.02. The fraction of sp³-hybridized carbons (Fsp3) is 0.778. The third-order valence-corrected chi connectivity index (χ3v) is 4.76. The van der Waals surface area contributed by atoms with Gasteiger partial charge in [0.1, 0.15) is 0 Å². The molecule has 5 nitrogen and oxygen atoms in total. The summed E-state index contributed by atoms with van der Waals surface area (Å²) in [6.07, 6.45) is 1.51. The van der Waals surface area contributed by atoms with Gasteiger partial charge in [0.05, 0.1) is 11.5 Å². The number of hydrogen-bond donors (Lipinski definition) is 0. The molecule has 2 heterocycles. The van der Waals surface area contributed by atoms with E-state index in [1.807, 2.05) is 0 Å². The second-order valence-corrected chi connectivity index (χ2v) is 6.31. The summed E-state index contributed by atoms with van der Waals surface area (Å²) >= 11 is 0. The van der Waals surface area contributed by atoms with Crippen molar-refractivity contribution in [1.29, 1.82) is 0 Å². The van der Waals surface area contributed by atoms with E-state index in [0.29, 0.717) is 19.4 Å². The Balaban J connectivity index is 2.12. The van der Waals surface area contributed by atoms with Crippen molar-refractivity contribution < 1.29 is 18.0 Å². The van der Waals surface area contributed by atoms with Crippen LogP contribution in [0.1, 0.15) is 19.3 Å². The van der Waals surface area contributed by atoms with Gasteiger partial charge in [-0.2, -0.15) is 0 Å². The molecule has 0 aromatic rings. The highest BCUT2D eigenvalue weighted by Crippen LogP contribution is 2.21. The number of carbonyl (C=O) groups is 2. The van der Waals surface area contributed by atoms with Gasteiger partial charge in [-0.05, 0) is 12.8 Å². The SMILES string of the molecule is O=C1CCN(C2CCCS(=O)(=O)C2)C1=O. The van der Waals surface area contributed by atoms with Crippen LogP contribution in [-0.4, -0.2) is 49.1 Å². The van der Waals surface area contributed by atoms with Gasteiger partial charge in [-0.25, -0.2) is 8.42 Å². The maximum atomic E-state index is 11.4. The van der Waals surface area contributed by atoms with Crippen LogP contribution in [0.15, 0.2) is 0 Å². The molecule has 0 bridgehead atoms. The Hall–Kier alpha value is -0.910. The summed E-state index contributed by atoms with van der Waals surface area (Å²) in [5, 5.41) is 0. The van der Waals surface area contributed by atoms with Gasteiger partial charge in [0.25, 0.3) is 5.91 Å². The van der Waals surface area contributed by atoms with Crippen molar-refractivity contribution in [3.63, 3.8) is 0 Å². The lowest BCUT2D eigenvalue weighted by Gasteiger charge is -2.29. The first kappa shape index (κ1) is 10.6. The zero-order chi connectivity index (χ0) is 11.1. The van der Waals surface area contributed by atoms with E-state index in [4.69, 9.17) is 0 Å². The molecule has 0 aliphatic carbocycles. The molecule has 1 amide bonds. The van der Waals surface area contributed by atoms with E-state index in [1.165, 1.54) is 4.90 Å². The maximum absolute atomic E-state index is 11.4. The van der Waals surface area contributed by atoms with Crippen molar-refractivity contribution >= 4 is 21.5 Å². The molecule has 1 unspecified atom stereocenters. The first-order valence-electron chi connectivity index (χ1n) is 5.04. The molecule has 0 aromatic carbocycles. The van der Waals surface area contributed by atoms with Crippen molar-refractivity contribution in [2.24, 2.45) is 0 Å². The summed E-state index contributed by atoms with van der Waals surface area (Å²) in [4.78, 5) is 23.9. The van der Waals surface area contributed by atoms with Crippen LogP contribution in [0.5, 0.6) is 0 Å². The van der Waals surface area contributed by atoms with Crippen LogP contribution in [0, 0.1) is 0 Å². The zero-order valence-electron chi connectivity index (χ0n) is 8.31. The molecule has 6 heteroatoms. The Morgan fingerprint density at radius 2 is 2.00 bits per heavy atom. The van der Waals surface area contributed by atoms with E-state index in [2.05, 4.69) is 0 Å². The first-order chi connectivity index (χ1) is 6.99. The number of sulfone groups is 1. The van der Waals surface area contributed by atoms with Gasteiger partial charge >= 0.3 is 0 Å². The number of hydrogen-bond acceptors (Lipinski definition) is 4. The molecule has 0 radical (unpaired) electrons. The van der Waals surface area contributed by atoms with E-state index in [-0.39, 0.29) is 24.0 Å². The van der Waals surface area contributed by atoms with Crippen molar-refractivity contribution in [2.45, 2.75) is 25.3 Å². The molecule has 0 saturated carbocycles. The minimum absolute atomic E-state index is 0.0199. The van der Waals surface area contributed by atoms with Crippen molar-refractivity contribution in [3.8, 4) is 0 Å². The number of ketones is 1. The maximum Gasteiger partial charge on any atom is 0.290 e. The molecule has 15 heavy (non-hydrogen) atoms. The molecule has 0 aromatic heterocycles. The molecule has 1 atom stereocenters. The van der Waals surface area contributed by atoms with E-state index in [1.54, 1.807) is 0 Å². The average molecular weight is 231 g/mol. The Kier molecular flexibility index (Phi) is 2.54. The topological polar surface area (TPSA) is 71.5 Å². The fourth-order valence-electron chi connectivity index (χ4n) is 2.18. The Morgan fingerprint density at radius 1 is 1.27 bits per heavy atom. The van der Waals surface area contributed by atoms with Crippen LogP contribution in [0.3, 0.4) is 0 Å². The van der Waals surface area contributed by atoms with Crippen molar-refractivity contribution in [1.82, 2.24) is 4.90 Å². The van der Waals surface area contributed by atoms with Crippen molar-refractivity contribution in [2.75, 3.05) is 18.1 Å². The van der Waals surface area contributed by atoms with Gasteiger partial charge in [-0.15, -0.1) is 0 Å². The Labute approximate surface area is 88.4 Å². The van der Waals surface area contributed by atoms with Crippen LogP contribution in [0.2, 0.25) is 0 Å². The van der Waals surface area contributed by atoms with Crippen molar-refractivity contribution in [3.05, 3.63) is 0 Å². The molecule has 0 N–H and O–H groups in total. The summed E-state index contributed by atoms with van der Waals surface area (Å²) < 4.78 is 22.8. The second-order valence-electron chi connectivity index (χ2n) is 4.08. The van der Waals surface area contributed by atoms with E-state index < -0.39 is 21.5 Å². The number of amides is 1. The molecular weight excluding hydrogens is 218 g/mol. The summed E-state index contributed by atoms with van der Waals surface area (Å²) in [6.45, 7) is 0.387. The van der Waals surface area contributed by atoms with Gasteiger partial charge in [0.2, 0.25) is 5.78 Å². The number of likely N-dealkylation sites (tertiary alicyclic amines) is 1. The standard InChI is InChI=1S/C9H13NO4S/c11-8-3-4-10(9(8)12)7-2-1-5-15(13,14)6-7/h7H,1-6H2. The Bertz CT molecular complexity index is 400. The van der Waals surface area contributed by atoms with Gasteiger partial charge < -0.3 is 4.90 Å². The lowest BCUT2D eigenvalue weighted by Crippen LogP contribution is -2.45. The van der Waals surface area contributed by atoms with Gasteiger partial charge in [0.15, 0.2) is 9.84 Å². The molecule has 2 aliphatic rings. The van der Waals surface area contributed by atoms with E-state index >= 15 is 0 Å². The van der Waals surface area contributed by atoms with Crippen LogP contribution < -0.4 is 0 Å². The highest BCUT2D eigenvalue weighted by atomic mass is 32.2. The Morgan fingerprint density at radius 3 is 2.53 bits per heavy atom. The largest absolute Gasteiger partial charge is 0.332 e. The molecule has 2 fully saturated rings. The summed E-state index contributed by atoms with van der Waals surface area (Å²) in [5.74, 6) is -0.666. The predicted molar refractivity (Wildman–Crippen MR) is 53.0 cm³/mol. The van der Waals surface area contributed by atoms with Gasteiger partial charge in [-0.3, -0.25) is 9.59 Å². The predicted octanol–water partition coefficient (Wildman–Crippen LogP) is -0.635. The first-order valence-corrected chi connectivity index (χ1v) is 6.86. The highest BCUT2D eigenvalue weighted by Gasteiger charge is 2.37. The number of nitrogens with zero attached hydrogens (tertiary/aromatic N) is 1. The van der Waals surface area contributed by atoms with Gasteiger partial charge in [0, 0.05) is 19.0 Å². The third-order valence-electron chi connectivity index (χ3n) is 2.96. The molecule has 2 saturated heterocycles. The lowest BCUT2D eigenvalue weighted by atomic mass is 10.1. The van der Waals surface area contributed by atoms with Crippen LogP contribution in [0.25, 0.3) is 0 Å². The van der Waals surface area contributed by atoms with Crippen LogP contribution >= 0.6 is 0 Å². The lowest BCUT2D eigenvalue weighted by molar-refractivity contribution is -0.141.